The molecule has 0 spiro atoms. The smallest absolute Gasteiger partial charge is 0.220 e. The predicted octanol–water partition coefficient (Wildman–Crippen LogP) is 6.61. The number of ether oxygens (including phenoxy) is 2. The summed E-state index contributed by atoms with van der Waals surface area (Å²) in [6, 6.07) is -0.794. The molecule has 9 nitrogen and oxygen atoms in total. The fourth-order valence-corrected chi connectivity index (χ4v) is 6.16. The molecule has 0 aromatic heterocycles. The normalized spacial score (nSPS) is 22.9. The molecule has 0 aliphatic carbocycles. The number of hydrogen-bond acceptors (Lipinski definition) is 8. The van der Waals surface area contributed by atoms with Gasteiger partial charge in [0.05, 0.1) is 25.4 Å². The van der Waals surface area contributed by atoms with Gasteiger partial charge in [0.25, 0.3) is 0 Å². The number of hydrogen-bond donors (Lipinski definition) is 6. The number of rotatable bonds is 31. The van der Waals surface area contributed by atoms with Crippen LogP contribution in [0.2, 0.25) is 0 Å². The van der Waals surface area contributed by atoms with Gasteiger partial charge in [0.1, 0.15) is 24.4 Å². The van der Waals surface area contributed by atoms with Crippen molar-refractivity contribution in [2.45, 2.75) is 211 Å². The van der Waals surface area contributed by atoms with Crippen molar-refractivity contribution < 1.29 is 39.8 Å². The number of unbranched alkanes of at least 4 members (excludes halogenated alkanes) is 21. The molecule has 278 valence electrons. The summed E-state index contributed by atoms with van der Waals surface area (Å²) >= 11 is 0. The van der Waals surface area contributed by atoms with Crippen molar-refractivity contribution in [1.82, 2.24) is 5.32 Å². The number of aliphatic hydroxyl groups excluding tert-OH is 5. The van der Waals surface area contributed by atoms with E-state index in [9.17, 15) is 30.3 Å². The quantitative estimate of drug-likeness (QED) is 0.0357. The molecule has 9 heteroatoms. The standard InChI is InChI=1S/C38H73NO8/c1-3-5-7-8-9-10-11-12-13-14-15-16-17-18-19-20-21-22-23-24-26-28-34(42)39-31(32(41)27-25-6-4-2)30-46-38-37(45)36(44)35(43)33(29-40)47-38/h25,27,31-33,35-38,40-41,43-45H,3-24,26,28-30H2,1-2H3,(H,39,42)/b27-25+. The van der Waals surface area contributed by atoms with Crippen molar-refractivity contribution in [1.29, 1.82) is 0 Å². The zero-order chi connectivity index (χ0) is 34.5. The third-order valence-corrected chi connectivity index (χ3v) is 9.34. The van der Waals surface area contributed by atoms with Gasteiger partial charge in [-0.1, -0.05) is 161 Å². The highest BCUT2D eigenvalue weighted by Gasteiger charge is 2.44. The Hall–Kier alpha value is -1.07. The van der Waals surface area contributed by atoms with E-state index in [2.05, 4.69) is 12.2 Å². The molecule has 1 saturated heterocycles. The Morgan fingerprint density at radius 3 is 1.62 bits per heavy atom. The third kappa shape index (κ3) is 21.6. The van der Waals surface area contributed by atoms with E-state index in [0.29, 0.717) is 6.42 Å². The molecule has 0 aromatic rings. The zero-order valence-electron chi connectivity index (χ0n) is 30.0. The fourth-order valence-electron chi connectivity index (χ4n) is 6.16. The minimum absolute atomic E-state index is 0.187. The van der Waals surface area contributed by atoms with Crippen LogP contribution in [0.15, 0.2) is 12.2 Å². The molecule has 0 saturated carbocycles. The molecule has 7 atom stereocenters. The van der Waals surface area contributed by atoms with E-state index in [0.717, 1.165) is 32.1 Å². The molecule has 1 heterocycles. The maximum atomic E-state index is 12.7. The molecule has 1 fully saturated rings. The van der Waals surface area contributed by atoms with Crippen molar-refractivity contribution in [3.8, 4) is 0 Å². The summed E-state index contributed by atoms with van der Waals surface area (Å²) in [6.45, 7) is 3.55. The van der Waals surface area contributed by atoms with Crippen molar-refractivity contribution in [3.63, 3.8) is 0 Å². The van der Waals surface area contributed by atoms with Crippen LogP contribution in [0.25, 0.3) is 0 Å². The predicted molar refractivity (Wildman–Crippen MR) is 189 cm³/mol. The van der Waals surface area contributed by atoms with Gasteiger partial charge >= 0.3 is 0 Å². The summed E-state index contributed by atoms with van der Waals surface area (Å²) in [5.41, 5.74) is 0. The first kappa shape index (κ1) is 44.0. The Morgan fingerprint density at radius 2 is 1.17 bits per heavy atom. The van der Waals surface area contributed by atoms with Crippen LogP contribution < -0.4 is 5.32 Å². The zero-order valence-corrected chi connectivity index (χ0v) is 30.0. The minimum Gasteiger partial charge on any atom is -0.394 e. The van der Waals surface area contributed by atoms with Gasteiger partial charge in [-0.25, -0.2) is 0 Å². The number of carbonyl (C=O) groups excluding carboxylic acids is 1. The van der Waals surface area contributed by atoms with Crippen molar-refractivity contribution in [2.75, 3.05) is 13.2 Å². The minimum atomic E-state index is -1.56. The van der Waals surface area contributed by atoms with Gasteiger partial charge in [-0.2, -0.15) is 0 Å². The lowest BCUT2D eigenvalue weighted by molar-refractivity contribution is -0.302. The highest BCUT2D eigenvalue weighted by atomic mass is 16.7. The maximum Gasteiger partial charge on any atom is 0.220 e. The third-order valence-electron chi connectivity index (χ3n) is 9.34. The highest BCUT2D eigenvalue weighted by Crippen LogP contribution is 2.22. The highest BCUT2D eigenvalue weighted by molar-refractivity contribution is 5.76. The molecule has 6 N–H and O–H groups in total. The lowest BCUT2D eigenvalue weighted by Gasteiger charge is -2.40. The van der Waals surface area contributed by atoms with Gasteiger partial charge in [0.15, 0.2) is 6.29 Å². The van der Waals surface area contributed by atoms with Crippen LogP contribution in [0.5, 0.6) is 0 Å². The molecule has 1 rings (SSSR count). The number of aliphatic hydroxyl groups is 5. The number of nitrogens with one attached hydrogen (secondary N) is 1. The molecule has 7 unspecified atom stereocenters. The van der Waals surface area contributed by atoms with Gasteiger partial charge in [-0.3, -0.25) is 4.79 Å². The average molecular weight is 672 g/mol. The molecule has 0 bridgehead atoms. The molecule has 1 aliphatic heterocycles. The van der Waals surface area contributed by atoms with Crippen LogP contribution in [-0.4, -0.2) is 87.5 Å². The molecular formula is C38H73NO8. The van der Waals surface area contributed by atoms with Crippen LogP contribution in [0.4, 0.5) is 0 Å². The number of allylic oxidation sites excluding steroid dienone is 1. The van der Waals surface area contributed by atoms with E-state index in [1.807, 2.05) is 13.0 Å². The second kappa shape index (κ2) is 29.8. The van der Waals surface area contributed by atoms with Gasteiger partial charge < -0.3 is 40.3 Å². The Balaban J connectivity index is 2.14. The van der Waals surface area contributed by atoms with Crippen molar-refractivity contribution in [3.05, 3.63) is 12.2 Å². The maximum absolute atomic E-state index is 12.7. The van der Waals surface area contributed by atoms with E-state index in [4.69, 9.17) is 9.47 Å². The average Bonchev–Trinajstić information content (AvgIpc) is 3.07. The lowest BCUT2D eigenvalue weighted by atomic mass is 9.99. The Kier molecular flexibility index (Phi) is 27.9. The van der Waals surface area contributed by atoms with Gasteiger partial charge in [-0.15, -0.1) is 0 Å². The summed E-state index contributed by atoms with van der Waals surface area (Å²) in [5, 5.41) is 53.2. The van der Waals surface area contributed by atoms with Crippen molar-refractivity contribution >= 4 is 5.91 Å². The summed E-state index contributed by atoms with van der Waals surface area (Å²) in [5.74, 6) is -0.187. The molecular weight excluding hydrogens is 598 g/mol. The second-order valence-electron chi connectivity index (χ2n) is 13.7. The molecule has 0 radical (unpaired) electrons. The first-order valence-corrected chi connectivity index (χ1v) is 19.4. The summed E-state index contributed by atoms with van der Waals surface area (Å²) in [7, 11) is 0. The summed E-state index contributed by atoms with van der Waals surface area (Å²) in [4.78, 5) is 12.7. The van der Waals surface area contributed by atoms with Gasteiger partial charge in [-0.05, 0) is 12.8 Å². The summed E-state index contributed by atoms with van der Waals surface area (Å²) in [6.07, 6.45) is 25.0. The molecule has 47 heavy (non-hydrogen) atoms. The van der Waals surface area contributed by atoms with Gasteiger partial charge in [0, 0.05) is 6.42 Å². The van der Waals surface area contributed by atoms with E-state index in [1.54, 1.807) is 6.08 Å². The van der Waals surface area contributed by atoms with Crippen LogP contribution in [0, 0.1) is 0 Å². The summed E-state index contributed by atoms with van der Waals surface area (Å²) < 4.78 is 11.0. The molecule has 1 aliphatic rings. The first-order chi connectivity index (χ1) is 22.8. The Morgan fingerprint density at radius 1 is 0.702 bits per heavy atom. The first-order valence-electron chi connectivity index (χ1n) is 19.4. The topological polar surface area (TPSA) is 149 Å². The largest absolute Gasteiger partial charge is 0.394 e. The molecule has 1 amide bonds. The van der Waals surface area contributed by atoms with E-state index < -0.39 is 49.5 Å². The number of amides is 1. The van der Waals surface area contributed by atoms with Crippen molar-refractivity contribution in [2.24, 2.45) is 0 Å². The fraction of sp³-hybridized carbons (Fsp3) is 0.921. The van der Waals surface area contributed by atoms with Crippen LogP contribution >= 0.6 is 0 Å². The Labute approximate surface area is 286 Å². The van der Waals surface area contributed by atoms with E-state index in [1.165, 1.54) is 116 Å². The second-order valence-corrected chi connectivity index (χ2v) is 13.7. The lowest BCUT2D eigenvalue weighted by Crippen LogP contribution is -2.60. The Bertz CT molecular complexity index is 751. The van der Waals surface area contributed by atoms with Crippen LogP contribution in [0.3, 0.4) is 0 Å². The van der Waals surface area contributed by atoms with Gasteiger partial charge in [0.2, 0.25) is 5.91 Å². The molecule has 0 aromatic carbocycles. The monoisotopic (exact) mass is 672 g/mol. The SMILES string of the molecule is CCC/C=C/C(O)C(COC1OC(CO)C(O)C(O)C1O)NC(=O)CCCCCCCCCCCCCCCCCCCCCCC. The van der Waals surface area contributed by atoms with Crippen LogP contribution in [-0.2, 0) is 14.3 Å². The van der Waals surface area contributed by atoms with Crippen LogP contribution in [0.1, 0.15) is 168 Å². The number of carbonyl (C=O) groups is 1. The van der Waals surface area contributed by atoms with E-state index in [-0.39, 0.29) is 12.5 Å². The van der Waals surface area contributed by atoms with E-state index >= 15 is 0 Å².